The Labute approximate surface area is 184 Å². The molecule has 1 saturated heterocycles. The molecular formula is C22H19N3O6S. The number of amides is 3. The van der Waals surface area contributed by atoms with E-state index in [2.05, 4.69) is 5.32 Å². The van der Waals surface area contributed by atoms with Gasteiger partial charge in [-0.2, -0.15) is 4.73 Å². The summed E-state index contributed by atoms with van der Waals surface area (Å²) in [5.74, 6) is -0.254. The van der Waals surface area contributed by atoms with Gasteiger partial charge in [0.15, 0.2) is 12.4 Å². The minimum atomic E-state index is -4.09. The van der Waals surface area contributed by atoms with Gasteiger partial charge in [-0.1, -0.05) is 29.8 Å². The second-order valence-corrected chi connectivity index (χ2v) is 9.19. The Kier molecular flexibility index (Phi) is 5.54. The Hall–Kier alpha value is -3.92. The zero-order chi connectivity index (χ0) is 22.9. The Morgan fingerprint density at radius 2 is 1.84 bits per heavy atom. The number of carbonyl (C=O) groups excluding carboxylic acids is 2. The van der Waals surface area contributed by atoms with Crippen LogP contribution >= 0.6 is 0 Å². The number of nitrogens with one attached hydrogen (secondary N) is 2. The summed E-state index contributed by atoms with van der Waals surface area (Å²) in [7, 11) is -4.09. The van der Waals surface area contributed by atoms with E-state index < -0.39 is 27.8 Å². The number of imide groups is 1. The molecule has 0 radical (unpaired) electrons. The van der Waals surface area contributed by atoms with Crippen LogP contribution in [-0.2, 0) is 21.2 Å². The van der Waals surface area contributed by atoms with Gasteiger partial charge in [0.05, 0.1) is 15.4 Å². The highest BCUT2D eigenvalue weighted by molar-refractivity contribution is 7.91. The maximum Gasteiger partial charge on any atom is 0.322 e. The number of ether oxygens (including phenoxy) is 1. The molecule has 164 valence electrons. The average Bonchev–Trinajstić information content (AvgIpc) is 3.10. The molecule has 1 aromatic heterocycles. The van der Waals surface area contributed by atoms with E-state index in [0.29, 0.717) is 17.1 Å². The number of benzene rings is 2. The van der Waals surface area contributed by atoms with Crippen LogP contribution in [0, 0.1) is 12.1 Å². The minimum absolute atomic E-state index is 0.0463. The zero-order valence-corrected chi connectivity index (χ0v) is 17.8. The second-order valence-electron chi connectivity index (χ2n) is 7.27. The smallest absolute Gasteiger partial charge is 0.322 e. The van der Waals surface area contributed by atoms with Crippen molar-refractivity contribution in [1.29, 1.82) is 0 Å². The normalized spacial score (nSPS) is 15.8. The maximum atomic E-state index is 13.2. The number of pyridine rings is 1. The van der Waals surface area contributed by atoms with Crippen LogP contribution in [0.3, 0.4) is 0 Å². The molecule has 1 unspecified atom stereocenters. The molecule has 0 aliphatic carbocycles. The van der Waals surface area contributed by atoms with Gasteiger partial charge in [-0.3, -0.25) is 10.1 Å². The van der Waals surface area contributed by atoms with Crippen molar-refractivity contribution in [2.75, 3.05) is 0 Å². The monoisotopic (exact) mass is 453 g/mol. The number of aryl methyl sites for hydroxylation is 1. The summed E-state index contributed by atoms with van der Waals surface area (Å²) in [6, 6.07) is 12.7. The number of hydrogen-bond acceptors (Lipinski definition) is 6. The van der Waals surface area contributed by atoms with Gasteiger partial charge in [-0.15, -0.1) is 0 Å². The number of aromatic nitrogens is 1. The fourth-order valence-corrected chi connectivity index (χ4v) is 4.86. The predicted octanol–water partition coefficient (Wildman–Crippen LogP) is 1.92. The molecule has 4 rings (SSSR count). The molecule has 0 bridgehead atoms. The lowest BCUT2D eigenvalue weighted by atomic mass is 10.1. The molecule has 2 N–H and O–H groups in total. The first-order chi connectivity index (χ1) is 15.2. The number of sulfone groups is 1. The summed E-state index contributed by atoms with van der Waals surface area (Å²) in [6.45, 7) is 2.31. The molecule has 1 atom stereocenters. The summed E-state index contributed by atoms with van der Waals surface area (Å²) in [6.07, 6.45) is 1.98. The number of urea groups is 1. The maximum absolute atomic E-state index is 13.2. The molecule has 9 nitrogen and oxygen atoms in total. The van der Waals surface area contributed by atoms with Crippen molar-refractivity contribution < 1.29 is 27.5 Å². The van der Waals surface area contributed by atoms with E-state index in [4.69, 9.17) is 4.74 Å². The minimum Gasteiger partial charge on any atom is -0.619 e. The highest BCUT2D eigenvalue weighted by Gasteiger charge is 2.37. The zero-order valence-electron chi connectivity index (χ0n) is 16.9. The fourth-order valence-electron chi connectivity index (χ4n) is 3.39. The van der Waals surface area contributed by atoms with Gasteiger partial charge in [0.25, 0.3) is 5.91 Å². The quantitative estimate of drug-likeness (QED) is 0.333. The molecule has 2 heterocycles. The number of carbonyl (C=O) groups is 2. The first kappa shape index (κ1) is 21.3. The summed E-state index contributed by atoms with van der Waals surface area (Å²) < 4.78 is 32.6. The van der Waals surface area contributed by atoms with Crippen molar-refractivity contribution in [3.63, 3.8) is 0 Å². The average molecular weight is 453 g/mol. The van der Waals surface area contributed by atoms with Crippen molar-refractivity contribution >= 4 is 21.8 Å². The number of rotatable bonds is 6. The Balaban J connectivity index is 1.60. The van der Waals surface area contributed by atoms with Crippen LogP contribution < -0.4 is 20.1 Å². The van der Waals surface area contributed by atoms with Gasteiger partial charge in [0.2, 0.25) is 9.84 Å². The van der Waals surface area contributed by atoms with E-state index >= 15 is 0 Å². The van der Waals surface area contributed by atoms with Gasteiger partial charge < -0.3 is 15.3 Å². The van der Waals surface area contributed by atoms with Gasteiger partial charge in [0, 0.05) is 6.07 Å². The molecule has 0 spiro atoms. The van der Waals surface area contributed by atoms with E-state index in [1.54, 1.807) is 0 Å². The largest absolute Gasteiger partial charge is 0.619 e. The summed E-state index contributed by atoms with van der Waals surface area (Å²) in [4.78, 5) is 23.2. The van der Waals surface area contributed by atoms with E-state index in [1.807, 2.05) is 36.5 Å². The van der Waals surface area contributed by atoms with Gasteiger partial charge in [-0.25, -0.2) is 13.2 Å². The molecular weight excluding hydrogens is 434 g/mol. The van der Waals surface area contributed by atoms with E-state index in [-0.39, 0.29) is 15.4 Å². The van der Waals surface area contributed by atoms with Crippen molar-refractivity contribution in [2.24, 2.45) is 0 Å². The van der Waals surface area contributed by atoms with Gasteiger partial charge in [-0.05, 0) is 36.8 Å². The van der Waals surface area contributed by atoms with E-state index in [1.165, 1.54) is 24.3 Å². The second kappa shape index (κ2) is 8.31. The van der Waals surface area contributed by atoms with Crippen LogP contribution in [0.25, 0.3) is 0 Å². The summed E-state index contributed by atoms with van der Waals surface area (Å²) in [5, 5.41) is 16.1. The predicted molar refractivity (Wildman–Crippen MR) is 112 cm³/mol. The Bertz CT molecular complexity index is 1310. The third-order valence-corrected chi connectivity index (χ3v) is 6.76. The Morgan fingerprint density at radius 3 is 2.50 bits per heavy atom. The van der Waals surface area contributed by atoms with Crippen LogP contribution in [0.2, 0.25) is 0 Å². The van der Waals surface area contributed by atoms with E-state index in [9.17, 15) is 23.2 Å². The molecule has 10 heteroatoms. The van der Waals surface area contributed by atoms with Crippen molar-refractivity contribution in [3.05, 3.63) is 88.9 Å². The van der Waals surface area contributed by atoms with Gasteiger partial charge >= 0.3 is 6.03 Å². The summed E-state index contributed by atoms with van der Waals surface area (Å²) in [5.41, 5.74) is 1.97. The molecule has 32 heavy (non-hydrogen) atoms. The third kappa shape index (κ3) is 4.26. The van der Waals surface area contributed by atoms with Crippen molar-refractivity contribution in [1.82, 2.24) is 10.6 Å². The van der Waals surface area contributed by atoms with E-state index in [0.717, 1.165) is 29.6 Å². The van der Waals surface area contributed by atoms with Crippen LogP contribution in [0.4, 0.5) is 4.79 Å². The first-order valence-electron chi connectivity index (χ1n) is 9.61. The molecule has 1 aliphatic rings. The lowest BCUT2D eigenvalue weighted by Crippen LogP contribution is -2.31. The van der Waals surface area contributed by atoms with Crippen LogP contribution in [0.1, 0.15) is 22.7 Å². The van der Waals surface area contributed by atoms with Crippen LogP contribution in [-0.4, -0.2) is 20.4 Å². The van der Waals surface area contributed by atoms with Crippen LogP contribution in [0.15, 0.2) is 76.8 Å². The molecule has 3 aromatic rings. The van der Waals surface area contributed by atoms with Crippen molar-refractivity contribution in [3.8, 4) is 5.75 Å². The lowest BCUT2D eigenvalue weighted by Gasteiger charge is -2.14. The first-order valence-corrected chi connectivity index (χ1v) is 11.1. The van der Waals surface area contributed by atoms with Crippen molar-refractivity contribution in [2.45, 2.75) is 29.4 Å². The molecule has 3 amide bonds. The van der Waals surface area contributed by atoms with Gasteiger partial charge in [0.1, 0.15) is 18.4 Å². The molecule has 1 aliphatic heterocycles. The lowest BCUT2D eigenvalue weighted by molar-refractivity contribution is -0.606. The standard InChI is InChI=1S/C22H19N3O6S/c1-14-3-2-4-15(11-14)13-31-16-5-7-17(8-6-16)32(29,30)19-9-10-25(28)12-18(19)20-21(26)24-22(27)23-20/h2-12,20H,13H2,1H3,(H2,23,24,26,27). The summed E-state index contributed by atoms with van der Waals surface area (Å²) >= 11 is 0. The SMILES string of the molecule is Cc1cccc(COc2ccc(S(=O)(=O)c3cc[n+]([O-])cc3C3NC(=O)NC3=O)cc2)c1. The molecule has 2 aromatic carbocycles. The number of hydrogen-bond donors (Lipinski definition) is 2. The van der Waals surface area contributed by atoms with Crippen LogP contribution in [0.5, 0.6) is 5.75 Å². The molecule has 0 saturated carbocycles. The number of nitrogens with zero attached hydrogens (tertiary/aromatic N) is 1. The highest BCUT2D eigenvalue weighted by atomic mass is 32.2. The third-order valence-electron chi connectivity index (χ3n) is 4.92. The Morgan fingerprint density at radius 1 is 1.09 bits per heavy atom. The highest BCUT2D eigenvalue weighted by Crippen LogP contribution is 2.29. The fraction of sp³-hybridized carbons (Fsp3) is 0.136. The topological polar surface area (TPSA) is 129 Å². The molecule has 1 fully saturated rings.